The van der Waals surface area contributed by atoms with E-state index in [-0.39, 0.29) is 5.92 Å². The van der Waals surface area contributed by atoms with Gasteiger partial charge in [0.2, 0.25) is 0 Å². The summed E-state index contributed by atoms with van der Waals surface area (Å²) in [7, 11) is 2.94. The van der Waals surface area contributed by atoms with Gasteiger partial charge >= 0.3 is 0 Å². The van der Waals surface area contributed by atoms with Gasteiger partial charge in [0.05, 0.1) is 10.8 Å². The Labute approximate surface area is 516 Å². The SMILES string of the molecule is Cc1cccc(N(c2ccc(-c3cccc4cccc(C5C=CC(N(c6cccc(P)c6)c6ccc7c(c6)C6(c8ccccc8-c8ccccc86)c6ccccc6-7)=CC5)c34)cc2)c2ccc3c(c2)C2(c4ccccc4-c4ccccc42)c2ccccc2-3)c1. The van der Waals surface area contributed by atoms with Gasteiger partial charge in [0, 0.05) is 40.1 Å². The van der Waals surface area contributed by atoms with E-state index in [0.717, 1.165) is 40.2 Å². The average molecular weight is 1140 g/mol. The van der Waals surface area contributed by atoms with Crippen molar-refractivity contribution in [1.82, 2.24) is 0 Å². The third-order valence-electron chi connectivity index (χ3n) is 20.0. The molecule has 2 unspecified atom stereocenters. The lowest BCUT2D eigenvalue weighted by Crippen LogP contribution is -2.26. The number of rotatable bonds is 8. The summed E-state index contributed by atoms with van der Waals surface area (Å²) in [5.41, 5.74) is 32.1. The molecule has 0 saturated carbocycles. The van der Waals surface area contributed by atoms with Gasteiger partial charge in [0.25, 0.3) is 0 Å². The van der Waals surface area contributed by atoms with E-state index in [1.807, 2.05) is 0 Å². The molecule has 3 heteroatoms. The lowest BCUT2D eigenvalue weighted by atomic mass is 9.70. The Balaban J connectivity index is 0.714. The maximum Gasteiger partial charge on any atom is 0.0726 e. The minimum atomic E-state index is -0.440. The minimum absolute atomic E-state index is 0.164. The van der Waals surface area contributed by atoms with Crippen LogP contribution in [0.3, 0.4) is 0 Å². The summed E-state index contributed by atoms with van der Waals surface area (Å²) in [6, 6.07) is 110. The summed E-state index contributed by atoms with van der Waals surface area (Å²) in [5, 5.41) is 3.69. The van der Waals surface area contributed by atoms with Gasteiger partial charge in [-0.05, 0) is 207 Å². The van der Waals surface area contributed by atoms with Gasteiger partial charge in [0.1, 0.15) is 0 Å². The topological polar surface area (TPSA) is 6.48 Å². The third-order valence-corrected chi connectivity index (χ3v) is 20.3. The zero-order valence-electron chi connectivity index (χ0n) is 48.7. The molecule has 5 aliphatic carbocycles. The molecule has 0 saturated heterocycles. The Morgan fingerprint density at radius 1 is 0.341 bits per heavy atom. The Kier molecular flexibility index (Phi) is 11.3. The molecule has 2 spiro atoms. The van der Waals surface area contributed by atoms with Gasteiger partial charge in [-0.3, -0.25) is 0 Å². The molecule has 0 radical (unpaired) electrons. The lowest BCUT2D eigenvalue weighted by molar-refractivity contribution is 0.793. The van der Waals surface area contributed by atoms with Gasteiger partial charge in [-0.1, -0.05) is 243 Å². The van der Waals surface area contributed by atoms with Crippen molar-refractivity contribution in [3.05, 3.63) is 371 Å². The molecule has 0 N–H and O–H groups in total. The quantitative estimate of drug-likeness (QED) is 0.140. The van der Waals surface area contributed by atoms with Crippen molar-refractivity contribution in [2.75, 3.05) is 9.80 Å². The first-order valence-corrected chi connectivity index (χ1v) is 31.4. The molecule has 2 atom stereocenters. The largest absolute Gasteiger partial charge is 0.311 e. The number of anilines is 5. The van der Waals surface area contributed by atoms with E-state index >= 15 is 0 Å². The van der Waals surface area contributed by atoms with Crippen molar-refractivity contribution < 1.29 is 0 Å². The molecule has 13 aromatic carbocycles. The van der Waals surface area contributed by atoms with Crippen molar-refractivity contribution in [3.8, 4) is 55.6 Å². The molecule has 88 heavy (non-hydrogen) atoms. The van der Waals surface area contributed by atoms with Crippen LogP contribution in [-0.2, 0) is 10.8 Å². The second-order valence-electron chi connectivity index (χ2n) is 24.5. The van der Waals surface area contributed by atoms with Crippen LogP contribution in [0.5, 0.6) is 0 Å². The fraction of sp³-hybridized carbons (Fsp3) is 0.0588. The maximum atomic E-state index is 2.94. The van der Waals surface area contributed by atoms with Crippen LogP contribution in [0.4, 0.5) is 28.4 Å². The van der Waals surface area contributed by atoms with Crippen LogP contribution in [-0.4, -0.2) is 0 Å². The number of fused-ring (bicyclic) bond motifs is 21. The monoisotopic (exact) mass is 1140 g/mol. The van der Waals surface area contributed by atoms with Crippen LogP contribution >= 0.6 is 9.24 Å². The molecule has 0 bridgehead atoms. The van der Waals surface area contributed by atoms with Crippen molar-refractivity contribution >= 4 is 53.8 Å². The third kappa shape index (κ3) is 7.21. The summed E-state index contributed by atoms with van der Waals surface area (Å²) in [5.74, 6) is 0.164. The van der Waals surface area contributed by atoms with E-state index in [9.17, 15) is 0 Å². The van der Waals surface area contributed by atoms with E-state index in [0.29, 0.717) is 0 Å². The highest BCUT2D eigenvalue weighted by Gasteiger charge is 2.53. The second-order valence-corrected chi connectivity index (χ2v) is 25.1. The van der Waals surface area contributed by atoms with Crippen LogP contribution in [0.15, 0.2) is 315 Å². The maximum absolute atomic E-state index is 2.94. The Morgan fingerprint density at radius 2 is 0.750 bits per heavy atom. The van der Waals surface area contributed by atoms with Crippen molar-refractivity contribution in [2.45, 2.75) is 30.1 Å². The first-order valence-electron chi connectivity index (χ1n) is 30.9. The van der Waals surface area contributed by atoms with Crippen LogP contribution in [0.2, 0.25) is 0 Å². The number of nitrogens with zero attached hydrogens (tertiary/aromatic N) is 2. The number of hydrogen-bond donors (Lipinski definition) is 0. The number of hydrogen-bond acceptors (Lipinski definition) is 2. The Bertz CT molecular complexity index is 5010. The Hall–Kier alpha value is -10.4. The van der Waals surface area contributed by atoms with Gasteiger partial charge in [-0.25, -0.2) is 0 Å². The van der Waals surface area contributed by atoms with Crippen LogP contribution in [0, 0.1) is 6.92 Å². The summed E-state index contributed by atoms with van der Waals surface area (Å²) in [4.78, 5) is 4.93. The highest BCUT2D eigenvalue weighted by atomic mass is 31.0. The van der Waals surface area contributed by atoms with E-state index < -0.39 is 10.8 Å². The minimum Gasteiger partial charge on any atom is -0.311 e. The van der Waals surface area contributed by atoms with E-state index in [2.05, 4.69) is 335 Å². The Morgan fingerprint density at radius 3 is 1.23 bits per heavy atom. The van der Waals surface area contributed by atoms with Crippen molar-refractivity contribution in [2.24, 2.45) is 0 Å². The lowest BCUT2D eigenvalue weighted by Gasteiger charge is -2.33. The number of aryl methyl sites for hydroxylation is 1. The molecule has 18 rings (SSSR count). The molecule has 0 aromatic heterocycles. The number of allylic oxidation sites excluding steroid dienone is 3. The van der Waals surface area contributed by atoms with E-state index in [1.165, 1.54) is 128 Å². The summed E-state index contributed by atoms with van der Waals surface area (Å²) < 4.78 is 0. The normalized spacial score (nSPS) is 15.2. The predicted molar refractivity (Wildman–Crippen MR) is 370 cm³/mol. The van der Waals surface area contributed by atoms with Crippen molar-refractivity contribution in [1.29, 1.82) is 0 Å². The molecular weight excluding hydrogens is 1080 g/mol. The first-order chi connectivity index (χ1) is 43.5. The molecule has 0 amide bonds. The molecule has 5 aliphatic rings. The summed E-state index contributed by atoms with van der Waals surface area (Å²) in [6.45, 7) is 2.19. The first kappa shape index (κ1) is 50.9. The molecular formula is C85H59N2P. The predicted octanol–water partition coefficient (Wildman–Crippen LogP) is 21.2. The number of benzene rings is 13. The van der Waals surface area contributed by atoms with Crippen LogP contribution < -0.4 is 15.1 Å². The average Bonchev–Trinajstić information content (AvgIpc) is 1.54. The molecule has 13 aromatic rings. The van der Waals surface area contributed by atoms with E-state index in [1.54, 1.807) is 0 Å². The van der Waals surface area contributed by atoms with Crippen LogP contribution in [0.25, 0.3) is 66.4 Å². The van der Waals surface area contributed by atoms with Crippen LogP contribution in [0.1, 0.15) is 68.0 Å². The molecule has 0 fully saturated rings. The van der Waals surface area contributed by atoms with Crippen molar-refractivity contribution in [3.63, 3.8) is 0 Å². The fourth-order valence-corrected chi connectivity index (χ4v) is 16.8. The molecule has 0 heterocycles. The molecule has 2 nitrogen and oxygen atoms in total. The fourth-order valence-electron chi connectivity index (χ4n) is 16.5. The smallest absolute Gasteiger partial charge is 0.0726 e. The molecule has 0 aliphatic heterocycles. The highest BCUT2D eigenvalue weighted by Crippen LogP contribution is 2.65. The summed E-state index contributed by atoms with van der Waals surface area (Å²) in [6.07, 6.45) is 8.16. The van der Waals surface area contributed by atoms with Gasteiger partial charge in [-0.2, -0.15) is 0 Å². The van der Waals surface area contributed by atoms with E-state index in [4.69, 9.17) is 0 Å². The van der Waals surface area contributed by atoms with Gasteiger partial charge < -0.3 is 9.80 Å². The molecule has 414 valence electrons. The second kappa shape index (κ2) is 19.6. The highest BCUT2D eigenvalue weighted by molar-refractivity contribution is 7.27. The van der Waals surface area contributed by atoms with Gasteiger partial charge in [0.15, 0.2) is 0 Å². The zero-order valence-corrected chi connectivity index (χ0v) is 49.9. The van der Waals surface area contributed by atoms with Gasteiger partial charge in [-0.15, -0.1) is 9.24 Å². The standard InChI is InChI=1S/C85H59N2P/c1-54-18-14-21-60(50-54)86(62-46-48-73-71-28-6-12-36-79(71)84(81(73)52-62)75-32-8-2-24-67(75)68-25-3-9-33-76(68)84)58-42-38-55(39-43-58)65-30-15-19-57-20-16-31-66(83(57)65)56-40-44-59(45-41-56)87(61-22-17-23-64(88)51-61)63-47-49-74-72-29-7-13-37-80(72)85(82(74)53-63)77-34-10-4-26-69(77)70-27-5-11-35-78(70)85/h2-40,42-53,56H,41,88H2,1H3. The zero-order chi connectivity index (χ0) is 58.2. The summed E-state index contributed by atoms with van der Waals surface area (Å²) >= 11 is 0.